The third kappa shape index (κ3) is 3.46. The van der Waals surface area contributed by atoms with Crippen LogP contribution in [0.25, 0.3) is 0 Å². The minimum Gasteiger partial charge on any atom is -0.330 e. The molecule has 0 aliphatic carbocycles. The van der Waals surface area contributed by atoms with Crippen LogP contribution in [0.15, 0.2) is 0 Å². The molecular weight excluding hydrogens is 304 g/mol. The third-order valence-corrected chi connectivity index (χ3v) is 3.31. The molecule has 1 atom stereocenters. The Kier molecular flexibility index (Phi) is 4.15. The van der Waals surface area contributed by atoms with E-state index in [9.17, 15) is 26.3 Å². The average Bonchev–Trinajstić information content (AvgIpc) is 2.77. The number of rotatable bonds is 3. The molecule has 1 aliphatic heterocycles. The maximum absolute atomic E-state index is 12.6. The number of alkyl halides is 6. The molecule has 120 valence electrons. The van der Waals surface area contributed by atoms with Crippen LogP contribution in [0.3, 0.4) is 0 Å². The molecule has 0 amide bonds. The summed E-state index contributed by atoms with van der Waals surface area (Å²) in [6, 6.07) is 0. The zero-order valence-corrected chi connectivity index (χ0v) is 10.7. The summed E-state index contributed by atoms with van der Waals surface area (Å²) in [4.78, 5) is 1.38. The van der Waals surface area contributed by atoms with E-state index in [2.05, 4.69) is 10.2 Å². The molecule has 11 heteroatoms. The van der Waals surface area contributed by atoms with Gasteiger partial charge in [0, 0.05) is 26.2 Å². The van der Waals surface area contributed by atoms with Gasteiger partial charge in [-0.1, -0.05) is 0 Å². The highest BCUT2D eigenvalue weighted by Gasteiger charge is 2.42. The van der Waals surface area contributed by atoms with Crippen molar-refractivity contribution in [3.05, 3.63) is 11.6 Å². The van der Waals surface area contributed by atoms with Crippen molar-refractivity contribution < 1.29 is 26.3 Å². The highest BCUT2D eigenvalue weighted by molar-refractivity contribution is 5.02. The molecule has 2 rings (SSSR count). The fourth-order valence-corrected chi connectivity index (χ4v) is 2.20. The summed E-state index contributed by atoms with van der Waals surface area (Å²) in [6.45, 7) is -1.10. The van der Waals surface area contributed by atoms with E-state index in [0.717, 1.165) is 4.57 Å². The van der Waals surface area contributed by atoms with Crippen LogP contribution in [-0.4, -0.2) is 45.5 Å². The SMILES string of the molecule is NCC(CN1CCn2c(nnc2C(F)(F)F)C1)C(F)(F)F. The van der Waals surface area contributed by atoms with Crippen molar-refractivity contribution in [2.75, 3.05) is 19.6 Å². The Labute approximate surface area is 115 Å². The van der Waals surface area contributed by atoms with Gasteiger partial charge in [-0.15, -0.1) is 10.2 Å². The molecule has 5 nitrogen and oxygen atoms in total. The molecule has 21 heavy (non-hydrogen) atoms. The maximum Gasteiger partial charge on any atom is 0.451 e. The number of halogens is 6. The van der Waals surface area contributed by atoms with Crippen molar-refractivity contribution in [2.24, 2.45) is 11.7 Å². The molecule has 0 aromatic carbocycles. The first-order valence-electron chi connectivity index (χ1n) is 6.11. The summed E-state index contributed by atoms with van der Waals surface area (Å²) in [5.41, 5.74) is 5.10. The smallest absolute Gasteiger partial charge is 0.330 e. The van der Waals surface area contributed by atoms with Gasteiger partial charge in [0.25, 0.3) is 0 Å². The van der Waals surface area contributed by atoms with E-state index in [1.165, 1.54) is 4.90 Å². The summed E-state index contributed by atoms with van der Waals surface area (Å²) >= 11 is 0. The van der Waals surface area contributed by atoms with Gasteiger partial charge in [-0.3, -0.25) is 4.90 Å². The summed E-state index contributed by atoms with van der Waals surface area (Å²) in [5, 5.41) is 6.47. The quantitative estimate of drug-likeness (QED) is 0.853. The Morgan fingerprint density at radius 2 is 1.76 bits per heavy atom. The van der Waals surface area contributed by atoms with Gasteiger partial charge in [0.1, 0.15) is 5.82 Å². The number of hydrogen-bond donors (Lipinski definition) is 1. The molecular formula is C10H13F6N5. The van der Waals surface area contributed by atoms with Crippen molar-refractivity contribution in [2.45, 2.75) is 25.4 Å². The Morgan fingerprint density at radius 1 is 1.10 bits per heavy atom. The van der Waals surface area contributed by atoms with Crippen LogP contribution in [0, 0.1) is 5.92 Å². The van der Waals surface area contributed by atoms with Crippen LogP contribution in [0.2, 0.25) is 0 Å². The standard InChI is InChI=1S/C10H13F6N5/c11-9(12,13)6(3-17)4-20-1-2-21-7(5-20)18-19-8(21)10(14,15)16/h6H,1-5,17H2. The van der Waals surface area contributed by atoms with E-state index < -0.39 is 30.6 Å². The fraction of sp³-hybridized carbons (Fsp3) is 0.800. The predicted octanol–water partition coefficient (Wildman–Crippen LogP) is 1.25. The van der Waals surface area contributed by atoms with Gasteiger partial charge in [0.05, 0.1) is 12.5 Å². The lowest BCUT2D eigenvalue weighted by atomic mass is 10.1. The number of aromatic nitrogens is 3. The molecule has 1 aliphatic rings. The van der Waals surface area contributed by atoms with Gasteiger partial charge in [-0.25, -0.2) is 0 Å². The number of nitrogens with two attached hydrogens (primary N) is 1. The van der Waals surface area contributed by atoms with E-state index in [1.807, 2.05) is 0 Å². The van der Waals surface area contributed by atoms with E-state index in [-0.39, 0.29) is 32.0 Å². The molecule has 0 saturated heterocycles. The van der Waals surface area contributed by atoms with Crippen molar-refractivity contribution in [1.82, 2.24) is 19.7 Å². The Hall–Kier alpha value is -1.36. The third-order valence-electron chi connectivity index (χ3n) is 3.31. The van der Waals surface area contributed by atoms with E-state index in [0.29, 0.717) is 0 Å². The summed E-state index contributed by atoms with van der Waals surface area (Å²) in [5.74, 6) is -2.83. The van der Waals surface area contributed by atoms with E-state index in [4.69, 9.17) is 5.73 Å². The highest BCUT2D eigenvalue weighted by Crippen LogP contribution is 2.30. The van der Waals surface area contributed by atoms with Crippen molar-refractivity contribution in [3.8, 4) is 0 Å². The van der Waals surface area contributed by atoms with Crippen molar-refractivity contribution in [3.63, 3.8) is 0 Å². The van der Waals surface area contributed by atoms with Crippen LogP contribution < -0.4 is 5.73 Å². The van der Waals surface area contributed by atoms with Gasteiger partial charge in [-0.05, 0) is 0 Å². The normalized spacial score (nSPS) is 18.6. The molecule has 1 unspecified atom stereocenters. The highest BCUT2D eigenvalue weighted by atomic mass is 19.4. The first-order chi connectivity index (χ1) is 9.63. The minimum atomic E-state index is -4.63. The van der Waals surface area contributed by atoms with Crippen molar-refractivity contribution in [1.29, 1.82) is 0 Å². The van der Waals surface area contributed by atoms with Crippen LogP contribution >= 0.6 is 0 Å². The van der Waals surface area contributed by atoms with E-state index in [1.54, 1.807) is 0 Å². The van der Waals surface area contributed by atoms with Crippen LogP contribution in [0.5, 0.6) is 0 Å². The lowest BCUT2D eigenvalue weighted by molar-refractivity contribution is -0.177. The predicted molar refractivity (Wildman–Crippen MR) is 58.9 cm³/mol. The second-order valence-corrected chi connectivity index (χ2v) is 4.80. The van der Waals surface area contributed by atoms with Gasteiger partial charge in [0.15, 0.2) is 0 Å². The lowest BCUT2D eigenvalue weighted by Crippen LogP contribution is -2.44. The molecule has 0 spiro atoms. The first-order valence-corrected chi connectivity index (χ1v) is 6.11. The van der Waals surface area contributed by atoms with E-state index >= 15 is 0 Å². The molecule has 0 bridgehead atoms. The molecule has 0 saturated carbocycles. The van der Waals surface area contributed by atoms with Crippen molar-refractivity contribution >= 4 is 0 Å². The second kappa shape index (κ2) is 5.44. The topological polar surface area (TPSA) is 60.0 Å². The summed E-state index contributed by atoms with van der Waals surface area (Å²) in [6.07, 6.45) is -9.06. The van der Waals surface area contributed by atoms with Crippen LogP contribution in [-0.2, 0) is 19.3 Å². The number of hydrogen-bond acceptors (Lipinski definition) is 4. The molecule has 2 N–H and O–H groups in total. The zero-order valence-electron chi connectivity index (χ0n) is 10.7. The Bertz CT molecular complexity index is 493. The summed E-state index contributed by atoms with van der Waals surface area (Å²) < 4.78 is 76.7. The fourth-order valence-electron chi connectivity index (χ4n) is 2.20. The van der Waals surface area contributed by atoms with Gasteiger partial charge < -0.3 is 10.3 Å². The van der Waals surface area contributed by atoms with Gasteiger partial charge in [-0.2, -0.15) is 26.3 Å². The zero-order chi connectivity index (χ0) is 15.8. The minimum absolute atomic E-state index is 0.00604. The number of fused-ring (bicyclic) bond motifs is 1. The molecule has 0 radical (unpaired) electrons. The largest absolute Gasteiger partial charge is 0.451 e. The first kappa shape index (κ1) is 16.0. The van der Waals surface area contributed by atoms with Gasteiger partial charge in [0.2, 0.25) is 5.82 Å². The van der Waals surface area contributed by atoms with Crippen LogP contribution in [0.4, 0.5) is 26.3 Å². The molecule has 1 aromatic rings. The number of nitrogens with zero attached hydrogens (tertiary/aromatic N) is 4. The molecule has 1 aromatic heterocycles. The Morgan fingerprint density at radius 3 is 2.29 bits per heavy atom. The monoisotopic (exact) mass is 317 g/mol. The summed E-state index contributed by atoms with van der Waals surface area (Å²) in [7, 11) is 0. The molecule has 0 fully saturated rings. The Balaban J connectivity index is 2.09. The maximum atomic E-state index is 12.6. The molecule has 2 heterocycles. The van der Waals surface area contributed by atoms with Gasteiger partial charge >= 0.3 is 12.4 Å². The van der Waals surface area contributed by atoms with Crippen LogP contribution in [0.1, 0.15) is 11.6 Å². The average molecular weight is 317 g/mol. The lowest BCUT2D eigenvalue weighted by Gasteiger charge is -2.31. The second-order valence-electron chi connectivity index (χ2n) is 4.80.